The van der Waals surface area contributed by atoms with E-state index in [0.717, 1.165) is 0 Å². The number of rotatable bonds is 3. The van der Waals surface area contributed by atoms with Gasteiger partial charge in [0, 0.05) is 0 Å². The van der Waals surface area contributed by atoms with E-state index in [9.17, 15) is 18.0 Å². The van der Waals surface area contributed by atoms with Crippen molar-refractivity contribution >= 4 is 5.97 Å². The molecule has 0 fully saturated rings. The van der Waals surface area contributed by atoms with Crippen molar-refractivity contribution in [2.45, 2.75) is 26.4 Å². The fraction of sp³-hybridized carbons (Fsp3) is 0.385. The number of alkyl halides is 3. The molecule has 6 heteroatoms. The molecule has 3 nitrogen and oxygen atoms in total. The van der Waals surface area contributed by atoms with E-state index in [1.165, 1.54) is 6.07 Å². The molecule has 0 aliphatic carbocycles. The molecule has 0 aliphatic heterocycles. The molecule has 0 saturated carbocycles. The van der Waals surface area contributed by atoms with Gasteiger partial charge in [-0.1, -0.05) is 6.92 Å². The lowest BCUT2D eigenvalue weighted by Crippen LogP contribution is -2.13. The first kappa shape index (κ1) is 15.0. The van der Waals surface area contributed by atoms with Crippen LogP contribution in [0.25, 0.3) is 0 Å². The van der Waals surface area contributed by atoms with Gasteiger partial charge in [-0.3, -0.25) is 0 Å². The summed E-state index contributed by atoms with van der Waals surface area (Å²) in [6.45, 7) is 3.25. The molecule has 0 spiro atoms. The van der Waals surface area contributed by atoms with Crippen molar-refractivity contribution in [3.63, 3.8) is 0 Å². The lowest BCUT2D eigenvalue weighted by molar-refractivity contribution is -0.137. The van der Waals surface area contributed by atoms with Crippen molar-refractivity contribution in [3.05, 3.63) is 34.4 Å². The topological polar surface area (TPSA) is 50.1 Å². The van der Waals surface area contributed by atoms with Crippen LogP contribution in [0.1, 0.15) is 40.9 Å². The molecular formula is C13H12F3NO2. The van der Waals surface area contributed by atoms with E-state index < -0.39 is 23.3 Å². The number of hydrogen-bond acceptors (Lipinski definition) is 3. The van der Waals surface area contributed by atoms with Crippen LogP contribution >= 0.6 is 0 Å². The number of hydrogen-bond donors (Lipinski definition) is 0. The highest BCUT2D eigenvalue weighted by atomic mass is 19.4. The monoisotopic (exact) mass is 271 g/mol. The highest BCUT2D eigenvalue weighted by Gasteiger charge is 2.35. The van der Waals surface area contributed by atoms with Gasteiger partial charge in [0.2, 0.25) is 0 Å². The number of esters is 1. The number of aryl methyl sites for hydroxylation is 1. The van der Waals surface area contributed by atoms with Gasteiger partial charge in [0.15, 0.2) is 0 Å². The van der Waals surface area contributed by atoms with Crippen molar-refractivity contribution < 1.29 is 22.7 Å². The number of nitrogens with zero attached hydrogens (tertiary/aromatic N) is 1. The fourth-order valence-electron chi connectivity index (χ4n) is 1.67. The van der Waals surface area contributed by atoms with Crippen LogP contribution in [-0.4, -0.2) is 12.6 Å². The van der Waals surface area contributed by atoms with E-state index >= 15 is 0 Å². The molecule has 0 atom stereocenters. The van der Waals surface area contributed by atoms with Gasteiger partial charge in [-0.2, -0.15) is 18.4 Å². The van der Waals surface area contributed by atoms with Crippen LogP contribution < -0.4 is 0 Å². The van der Waals surface area contributed by atoms with Crippen LogP contribution in [0.5, 0.6) is 0 Å². The lowest BCUT2D eigenvalue weighted by atomic mass is 9.96. The zero-order chi connectivity index (χ0) is 14.6. The molecule has 0 amide bonds. The number of nitriles is 1. The second-order valence-electron chi connectivity index (χ2n) is 3.74. The minimum Gasteiger partial charge on any atom is -0.462 e. The van der Waals surface area contributed by atoms with Gasteiger partial charge in [-0.05, 0) is 31.0 Å². The largest absolute Gasteiger partial charge is 0.462 e. The van der Waals surface area contributed by atoms with E-state index in [-0.39, 0.29) is 24.2 Å². The highest BCUT2D eigenvalue weighted by molar-refractivity contribution is 5.90. The van der Waals surface area contributed by atoms with Crippen LogP contribution in [-0.2, 0) is 17.3 Å². The number of ether oxygens (including phenoxy) is 1. The number of carbonyl (C=O) groups is 1. The molecule has 0 unspecified atom stereocenters. The number of benzene rings is 1. The Kier molecular flexibility index (Phi) is 4.54. The van der Waals surface area contributed by atoms with Crippen LogP contribution in [0.3, 0.4) is 0 Å². The number of carbonyl (C=O) groups excluding carboxylic acids is 1. The van der Waals surface area contributed by atoms with Gasteiger partial charge in [-0.25, -0.2) is 4.79 Å². The van der Waals surface area contributed by atoms with Crippen LogP contribution in [0.2, 0.25) is 0 Å². The molecular weight excluding hydrogens is 259 g/mol. The molecule has 0 aliphatic rings. The Hall–Kier alpha value is -2.03. The first-order valence-corrected chi connectivity index (χ1v) is 5.66. The second kappa shape index (κ2) is 5.74. The molecule has 0 aromatic heterocycles. The minimum atomic E-state index is -4.68. The quantitative estimate of drug-likeness (QED) is 0.792. The van der Waals surface area contributed by atoms with Gasteiger partial charge in [0.05, 0.1) is 23.3 Å². The molecule has 1 aromatic rings. The van der Waals surface area contributed by atoms with Gasteiger partial charge in [0.1, 0.15) is 6.07 Å². The maximum atomic E-state index is 12.9. The molecule has 19 heavy (non-hydrogen) atoms. The Bertz CT molecular complexity index is 530. The Labute approximate surface area is 108 Å². The zero-order valence-electron chi connectivity index (χ0n) is 10.5. The number of halogens is 3. The van der Waals surface area contributed by atoms with Gasteiger partial charge in [0.25, 0.3) is 0 Å². The zero-order valence-corrected chi connectivity index (χ0v) is 10.5. The van der Waals surface area contributed by atoms with E-state index in [4.69, 9.17) is 5.26 Å². The van der Waals surface area contributed by atoms with Crippen molar-refractivity contribution in [1.29, 1.82) is 5.26 Å². The fourth-order valence-corrected chi connectivity index (χ4v) is 1.67. The summed E-state index contributed by atoms with van der Waals surface area (Å²) in [6, 6.07) is 3.48. The van der Waals surface area contributed by atoms with E-state index in [1.807, 2.05) is 0 Å². The molecule has 0 heterocycles. The predicted molar refractivity (Wildman–Crippen MR) is 61.5 cm³/mol. The van der Waals surface area contributed by atoms with E-state index in [0.29, 0.717) is 6.07 Å². The maximum absolute atomic E-state index is 12.9. The summed E-state index contributed by atoms with van der Waals surface area (Å²) in [5.74, 6) is -0.827. The standard InChI is InChI=1S/C13H12F3NO2/c1-3-8-5-9(12(18)19-4-2)6-11(10(8)7-17)13(14,15)16/h5-6H,3-4H2,1-2H3. The van der Waals surface area contributed by atoms with E-state index in [2.05, 4.69) is 4.74 Å². The molecule has 102 valence electrons. The summed E-state index contributed by atoms with van der Waals surface area (Å²) in [4.78, 5) is 11.5. The third-order valence-corrected chi connectivity index (χ3v) is 2.53. The Morgan fingerprint density at radius 2 is 2.00 bits per heavy atom. The second-order valence-corrected chi connectivity index (χ2v) is 3.74. The lowest BCUT2D eigenvalue weighted by Gasteiger charge is -2.13. The van der Waals surface area contributed by atoms with Crippen molar-refractivity contribution in [1.82, 2.24) is 0 Å². The molecule has 0 saturated heterocycles. The Morgan fingerprint density at radius 3 is 2.42 bits per heavy atom. The summed E-state index contributed by atoms with van der Waals surface area (Å²) in [5.41, 5.74) is -1.55. The summed E-state index contributed by atoms with van der Waals surface area (Å²) in [5, 5.41) is 8.86. The van der Waals surface area contributed by atoms with Crippen LogP contribution in [0.4, 0.5) is 13.2 Å². The Balaban J connectivity index is 3.48. The van der Waals surface area contributed by atoms with Crippen LogP contribution in [0.15, 0.2) is 12.1 Å². The van der Waals surface area contributed by atoms with Gasteiger partial charge >= 0.3 is 12.1 Å². The van der Waals surface area contributed by atoms with Gasteiger partial charge < -0.3 is 4.74 Å². The molecule has 0 radical (unpaired) electrons. The Morgan fingerprint density at radius 1 is 1.37 bits per heavy atom. The van der Waals surface area contributed by atoms with Crippen molar-refractivity contribution in [2.75, 3.05) is 6.61 Å². The highest BCUT2D eigenvalue weighted by Crippen LogP contribution is 2.34. The van der Waals surface area contributed by atoms with Crippen LogP contribution in [0, 0.1) is 11.3 Å². The summed E-state index contributed by atoms with van der Waals surface area (Å²) in [7, 11) is 0. The minimum absolute atomic E-state index is 0.0711. The van der Waals surface area contributed by atoms with Crippen molar-refractivity contribution in [3.8, 4) is 6.07 Å². The smallest absolute Gasteiger partial charge is 0.417 e. The van der Waals surface area contributed by atoms with Crippen molar-refractivity contribution in [2.24, 2.45) is 0 Å². The third kappa shape index (κ3) is 3.25. The molecule has 0 N–H and O–H groups in total. The molecule has 0 bridgehead atoms. The summed E-state index contributed by atoms with van der Waals surface area (Å²) < 4.78 is 43.3. The SMILES string of the molecule is CCOC(=O)c1cc(CC)c(C#N)c(C(F)(F)F)c1. The summed E-state index contributed by atoms with van der Waals surface area (Å²) in [6.07, 6.45) is -4.46. The average molecular weight is 271 g/mol. The molecule has 1 rings (SSSR count). The first-order chi connectivity index (χ1) is 8.85. The average Bonchev–Trinajstić information content (AvgIpc) is 2.36. The normalized spacial score (nSPS) is 10.9. The predicted octanol–water partition coefficient (Wildman–Crippen LogP) is 3.32. The summed E-state index contributed by atoms with van der Waals surface area (Å²) >= 11 is 0. The third-order valence-electron chi connectivity index (χ3n) is 2.53. The van der Waals surface area contributed by atoms with E-state index in [1.54, 1.807) is 19.9 Å². The maximum Gasteiger partial charge on any atom is 0.417 e. The van der Waals surface area contributed by atoms with Gasteiger partial charge in [-0.15, -0.1) is 0 Å². The molecule has 1 aromatic carbocycles. The first-order valence-electron chi connectivity index (χ1n) is 5.66.